The van der Waals surface area contributed by atoms with Crippen LogP contribution in [-0.4, -0.2) is 26.3 Å². The highest BCUT2D eigenvalue weighted by Crippen LogP contribution is 2.32. The van der Waals surface area contributed by atoms with Crippen LogP contribution in [0.1, 0.15) is 23.7 Å². The minimum Gasteiger partial charge on any atom is -0.478 e. The first-order chi connectivity index (χ1) is 12.7. The van der Waals surface area contributed by atoms with Gasteiger partial charge in [-0.3, -0.25) is 9.59 Å². The average molecular weight is 396 g/mol. The Hall–Kier alpha value is -3.01. The van der Waals surface area contributed by atoms with Gasteiger partial charge in [0.15, 0.2) is 6.10 Å². The summed E-state index contributed by atoms with van der Waals surface area (Å²) in [4.78, 5) is 23.6. The van der Waals surface area contributed by atoms with Crippen molar-refractivity contribution in [2.24, 2.45) is 0 Å². The molecule has 27 heavy (non-hydrogen) atoms. The van der Waals surface area contributed by atoms with Gasteiger partial charge in [0.05, 0.1) is 16.1 Å². The number of benzene rings is 2. The summed E-state index contributed by atoms with van der Waals surface area (Å²) in [6, 6.07) is 5.78. The van der Waals surface area contributed by atoms with Gasteiger partial charge in [-0.15, -0.1) is 0 Å². The van der Waals surface area contributed by atoms with Crippen LogP contribution < -0.4 is 14.8 Å². The van der Waals surface area contributed by atoms with Gasteiger partial charge in [-0.05, 0) is 36.8 Å². The smallest absolute Gasteiger partial charge is 0.267 e. The van der Waals surface area contributed by atoms with E-state index in [4.69, 9.17) is 4.74 Å². The monoisotopic (exact) mass is 396 g/mol. The summed E-state index contributed by atoms with van der Waals surface area (Å²) in [6.45, 7) is 1.76. The molecule has 3 rings (SSSR count). The second kappa shape index (κ2) is 6.95. The van der Waals surface area contributed by atoms with Gasteiger partial charge in [0, 0.05) is 6.07 Å². The van der Waals surface area contributed by atoms with Crippen LogP contribution in [0.3, 0.4) is 0 Å². The Morgan fingerprint density at radius 1 is 1.22 bits per heavy atom. The number of amides is 2. The van der Waals surface area contributed by atoms with Gasteiger partial charge in [0.1, 0.15) is 17.4 Å². The second-order valence-corrected chi connectivity index (χ2v) is 7.40. The zero-order valence-electron chi connectivity index (χ0n) is 14.0. The highest BCUT2D eigenvalue weighted by atomic mass is 32.2. The van der Waals surface area contributed by atoms with Crippen molar-refractivity contribution in [3.63, 3.8) is 0 Å². The molecule has 0 spiro atoms. The quantitative estimate of drug-likeness (QED) is 0.825. The fourth-order valence-corrected chi connectivity index (χ4v) is 3.47. The van der Waals surface area contributed by atoms with Gasteiger partial charge >= 0.3 is 0 Å². The van der Waals surface area contributed by atoms with Crippen LogP contribution >= 0.6 is 0 Å². The van der Waals surface area contributed by atoms with Crippen LogP contribution in [0.15, 0.2) is 41.3 Å². The van der Waals surface area contributed by atoms with E-state index in [2.05, 4.69) is 5.32 Å². The molecule has 142 valence electrons. The number of nitrogens with one attached hydrogen (secondary N) is 2. The van der Waals surface area contributed by atoms with E-state index in [0.29, 0.717) is 12.5 Å². The summed E-state index contributed by atoms with van der Waals surface area (Å²) in [5, 5.41) is 2.53. The Balaban J connectivity index is 1.86. The van der Waals surface area contributed by atoms with Gasteiger partial charge in [-0.25, -0.2) is 21.9 Å². The van der Waals surface area contributed by atoms with E-state index >= 15 is 0 Å². The number of ether oxygens (including phenoxy) is 1. The average Bonchev–Trinajstić information content (AvgIpc) is 2.60. The van der Waals surface area contributed by atoms with Gasteiger partial charge in [0.2, 0.25) is 0 Å². The fourth-order valence-electron chi connectivity index (χ4n) is 2.47. The predicted octanol–water partition coefficient (Wildman–Crippen LogP) is 2.19. The van der Waals surface area contributed by atoms with E-state index in [1.165, 1.54) is 12.1 Å². The number of carbonyl (C=O) groups excluding carboxylic acids is 2. The van der Waals surface area contributed by atoms with E-state index < -0.39 is 45.1 Å². The molecule has 1 heterocycles. The van der Waals surface area contributed by atoms with E-state index in [-0.39, 0.29) is 16.3 Å². The normalized spacial score (nSPS) is 16.1. The van der Waals surface area contributed by atoms with Crippen LogP contribution in [0.5, 0.6) is 5.75 Å². The number of sulfonamides is 1. The molecule has 10 heteroatoms. The van der Waals surface area contributed by atoms with Crippen molar-refractivity contribution in [1.29, 1.82) is 0 Å². The second-order valence-electron chi connectivity index (χ2n) is 5.72. The largest absolute Gasteiger partial charge is 0.478 e. The SMILES string of the molecule is CC[C@H]1Oc2ccc(S(=O)(=O)NC(=O)c3ccc(F)cc3F)cc2NC1=O. The van der Waals surface area contributed by atoms with Crippen LogP contribution in [0, 0.1) is 11.6 Å². The molecular weight excluding hydrogens is 382 g/mol. The minimum absolute atomic E-state index is 0.132. The first kappa shape index (κ1) is 18.8. The van der Waals surface area contributed by atoms with Crippen molar-refractivity contribution < 1.29 is 31.5 Å². The number of hydrogen-bond donors (Lipinski definition) is 2. The molecule has 2 aromatic carbocycles. The Kier molecular flexibility index (Phi) is 4.83. The zero-order valence-corrected chi connectivity index (χ0v) is 14.8. The van der Waals surface area contributed by atoms with E-state index in [1.54, 1.807) is 11.6 Å². The summed E-state index contributed by atoms with van der Waals surface area (Å²) < 4.78 is 58.5. The van der Waals surface area contributed by atoms with Crippen molar-refractivity contribution in [2.75, 3.05) is 5.32 Å². The molecule has 0 radical (unpaired) electrons. The standard InChI is InChI=1S/C17H14F2N2O5S/c1-2-14-17(23)20-13-8-10(4-6-15(13)26-14)27(24,25)21-16(22)11-5-3-9(18)7-12(11)19/h3-8,14H,2H2,1H3,(H,20,23)(H,21,22)/t14-/m1/s1. The molecule has 0 fully saturated rings. The highest BCUT2D eigenvalue weighted by Gasteiger charge is 2.28. The van der Waals surface area contributed by atoms with Crippen LogP contribution in [-0.2, 0) is 14.8 Å². The van der Waals surface area contributed by atoms with Crippen molar-refractivity contribution in [2.45, 2.75) is 24.3 Å². The van der Waals surface area contributed by atoms with Gasteiger partial charge < -0.3 is 10.1 Å². The zero-order chi connectivity index (χ0) is 19.8. The van der Waals surface area contributed by atoms with Crippen molar-refractivity contribution >= 4 is 27.5 Å². The summed E-state index contributed by atoms with van der Waals surface area (Å²) in [6.07, 6.45) is -0.244. The number of fused-ring (bicyclic) bond motifs is 1. The Labute approximate surface area is 153 Å². The topological polar surface area (TPSA) is 102 Å². The van der Waals surface area contributed by atoms with E-state index in [0.717, 1.165) is 18.2 Å². The Bertz CT molecular complexity index is 1040. The molecule has 2 aromatic rings. The lowest BCUT2D eigenvalue weighted by Crippen LogP contribution is -2.36. The summed E-state index contributed by atoms with van der Waals surface area (Å²) >= 11 is 0. The third kappa shape index (κ3) is 3.75. The molecule has 0 saturated carbocycles. The molecule has 0 bridgehead atoms. The van der Waals surface area contributed by atoms with Gasteiger partial charge in [-0.2, -0.15) is 0 Å². The maximum atomic E-state index is 13.7. The van der Waals surface area contributed by atoms with E-state index in [1.807, 2.05) is 0 Å². The maximum Gasteiger partial charge on any atom is 0.267 e. The molecule has 0 unspecified atom stereocenters. The molecule has 2 N–H and O–H groups in total. The first-order valence-electron chi connectivity index (χ1n) is 7.85. The lowest BCUT2D eigenvalue weighted by molar-refractivity contribution is -0.123. The lowest BCUT2D eigenvalue weighted by Gasteiger charge is -2.25. The van der Waals surface area contributed by atoms with Crippen molar-refractivity contribution in [3.8, 4) is 5.75 Å². The number of rotatable bonds is 4. The third-order valence-corrected chi connectivity index (χ3v) is 5.18. The molecule has 1 aliphatic rings. The van der Waals surface area contributed by atoms with Crippen LogP contribution in [0.25, 0.3) is 0 Å². The molecule has 0 aliphatic carbocycles. The Morgan fingerprint density at radius 2 is 1.96 bits per heavy atom. The number of halogens is 2. The Morgan fingerprint density at radius 3 is 2.63 bits per heavy atom. The number of carbonyl (C=O) groups is 2. The molecule has 7 nitrogen and oxygen atoms in total. The number of anilines is 1. The molecule has 2 amide bonds. The summed E-state index contributed by atoms with van der Waals surface area (Å²) in [7, 11) is -4.37. The molecular formula is C17H14F2N2O5S. The maximum absolute atomic E-state index is 13.7. The van der Waals surface area contributed by atoms with Crippen molar-refractivity contribution in [3.05, 3.63) is 53.6 Å². The molecule has 1 atom stereocenters. The predicted molar refractivity (Wildman–Crippen MR) is 90.8 cm³/mol. The van der Waals surface area contributed by atoms with Gasteiger partial charge in [-0.1, -0.05) is 6.92 Å². The highest BCUT2D eigenvalue weighted by molar-refractivity contribution is 7.90. The molecule has 0 aromatic heterocycles. The minimum atomic E-state index is -4.37. The third-order valence-electron chi connectivity index (χ3n) is 3.85. The number of hydrogen-bond acceptors (Lipinski definition) is 5. The van der Waals surface area contributed by atoms with Crippen molar-refractivity contribution in [1.82, 2.24) is 4.72 Å². The van der Waals surface area contributed by atoms with Crippen LogP contribution in [0.4, 0.5) is 14.5 Å². The lowest BCUT2D eigenvalue weighted by atomic mass is 10.2. The summed E-state index contributed by atoms with van der Waals surface area (Å²) in [5.41, 5.74) is -0.492. The van der Waals surface area contributed by atoms with Crippen LogP contribution in [0.2, 0.25) is 0 Å². The summed E-state index contributed by atoms with van der Waals surface area (Å²) in [5.74, 6) is -3.48. The first-order valence-corrected chi connectivity index (χ1v) is 9.33. The van der Waals surface area contributed by atoms with Gasteiger partial charge in [0.25, 0.3) is 21.8 Å². The fraction of sp³-hybridized carbons (Fsp3) is 0.176. The molecule has 0 saturated heterocycles. The van der Waals surface area contributed by atoms with E-state index in [9.17, 15) is 26.8 Å². The molecule has 1 aliphatic heterocycles.